The Morgan fingerprint density at radius 2 is 2.15 bits per heavy atom. The molecular weight excluding hydrogens is 174 g/mol. The molecule has 6 N–H and O–H groups in total. The van der Waals surface area contributed by atoms with Crippen LogP contribution in [0.2, 0.25) is 0 Å². The molecule has 0 saturated heterocycles. The maximum absolute atomic E-state index is 11.2. The van der Waals surface area contributed by atoms with Gasteiger partial charge in [0.15, 0.2) is 0 Å². The van der Waals surface area contributed by atoms with Gasteiger partial charge in [0.25, 0.3) is 5.56 Å². The summed E-state index contributed by atoms with van der Waals surface area (Å²) < 4.78 is 0. The minimum Gasteiger partial charge on any atom is -0.493 e. The Morgan fingerprint density at radius 1 is 1.54 bits per heavy atom. The van der Waals surface area contributed by atoms with Crippen LogP contribution in [0.5, 0.6) is 5.88 Å². The van der Waals surface area contributed by atoms with Crippen LogP contribution in [0.25, 0.3) is 0 Å². The predicted molar refractivity (Wildman–Crippen MR) is 46.5 cm³/mol. The molecule has 0 unspecified atom stereocenters. The molecule has 0 spiro atoms. The van der Waals surface area contributed by atoms with E-state index < -0.39 is 0 Å². The fourth-order valence-corrected chi connectivity index (χ4v) is 1.23. The van der Waals surface area contributed by atoms with Gasteiger partial charge in [0.05, 0.1) is 5.56 Å². The van der Waals surface area contributed by atoms with Crippen molar-refractivity contribution in [2.45, 2.75) is 18.8 Å². The van der Waals surface area contributed by atoms with E-state index in [0.29, 0.717) is 5.56 Å². The van der Waals surface area contributed by atoms with Crippen LogP contribution in [-0.4, -0.2) is 20.6 Å². The molecule has 0 amide bonds. The van der Waals surface area contributed by atoms with Gasteiger partial charge >= 0.3 is 0 Å². The number of rotatable bonds is 1. The van der Waals surface area contributed by atoms with E-state index in [-0.39, 0.29) is 28.8 Å². The quantitative estimate of drug-likeness (QED) is 0.525. The first-order valence-electron chi connectivity index (χ1n) is 3.77. The standard InChI is InChI=1S/C7H9N3O2.H2O/c8-7-9-5(11)4(3-1-2-3)6(12)10-7;/h3H,1-2H2,(H4,8,9,10,11,12);1H2. The third-order valence-corrected chi connectivity index (χ3v) is 1.94. The molecule has 1 heterocycles. The largest absolute Gasteiger partial charge is 0.493 e. The van der Waals surface area contributed by atoms with Crippen molar-refractivity contribution in [1.82, 2.24) is 9.97 Å². The third-order valence-electron chi connectivity index (χ3n) is 1.94. The number of nitrogens with one attached hydrogen (secondary N) is 1. The van der Waals surface area contributed by atoms with Gasteiger partial charge in [0.1, 0.15) is 0 Å². The molecule has 1 aromatic rings. The Hall–Kier alpha value is -1.56. The summed E-state index contributed by atoms with van der Waals surface area (Å²) in [5.41, 5.74) is 5.28. The van der Waals surface area contributed by atoms with Crippen molar-refractivity contribution >= 4 is 5.95 Å². The van der Waals surface area contributed by atoms with Crippen LogP contribution < -0.4 is 11.3 Å². The summed E-state index contributed by atoms with van der Waals surface area (Å²) in [7, 11) is 0. The van der Waals surface area contributed by atoms with E-state index in [1.807, 2.05) is 0 Å². The van der Waals surface area contributed by atoms with Crippen LogP contribution in [0.15, 0.2) is 4.79 Å². The van der Waals surface area contributed by atoms with E-state index in [0.717, 1.165) is 12.8 Å². The van der Waals surface area contributed by atoms with Gasteiger partial charge in [0.2, 0.25) is 11.8 Å². The molecule has 1 aliphatic carbocycles. The molecule has 6 nitrogen and oxygen atoms in total. The molecule has 1 fully saturated rings. The average molecular weight is 185 g/mol. The summed E-state index contributed by atoms with van der Waals surface area (Å²) in [6, 6.07) is 0. The first-order valence-corrected chi connectivity index (χ1v) is 3.77. The number of aromatic amines is 1. The molecule has 1 saturated carbocycles. The summed E-state index contributed by atoms with van der Waals surface area (Å²) in [4.78, 5) is 17.1. The zero-order valence-corrected chi connectivity index (χ0v) is 6.87. The Kier molecular flexibility index (Phi) is 2.24. The fraction of sp³-hybridized carbons (Fsp3) is 0.429. The van der Waals surface area contributed by atoms with E-state index in [9.17, 15) is 9.90 Å². The zero-order chi connectivity index (χ0) is 8.72. The molecule has 2 rings (SSSR count). The van der Waals surface area contributed by atoms with Gasteiger partial charge in [-0.05, 0) is 18.8 Å². The molecular formula is C7H11N3O3. The number of nitrogens with zero attached hydrogens (tertiary/aromatic N) is 1. The molecule has 0 atom stereocenters. The zero-order valence-electron chi connectivity index (χ0n) is 6.87. The lowest BCUT2D eigenvalue weighted by atomic mass is 10.2. The highest BCUT2D eigenvalue weighted by molar-refractivity contribution is 5.34. The summed E-state index contributed by atoms with van der Waals surface area (Å²) in [5.74, 6) is -0.0810. The highest BCUT2D eigenvalue weighted by atomic mass is 16.3. The summed E-state index contributed by atoms with van der Waals surface area (Å²) in [6.45, 7) is 0. The lowest BCUT2D eigenvalue weighted by Crippen LogP contribution is -2.15. The van der Waals surface area contributed by atoms with Crippen LogP contribution in [0, 0.1) is 0 Å². The van der Waals surface area contributed by atoms with Crippen LogP contribution >= 0.6 is 0 Å². The van der Waals surface area contributed by atoms with E-state index in [1.54, 1.807) is 0 Å². The number of aromatic hydroxyl groups is 1. The van der Waals surface area contributed by atoms with Crippen molar-refractivity contribution in [3.05, 3.63) is 15.9 Å². The number of hydrogen-bond donors (Lipinski definition) is 3. The van der Waals surface area contributed by atoms with E-state index in [2.05, 4.69) is 9.97 Å². The van der Waals surface area contributed by atoms with Gasteiger partial charge in [-0.25, -0.2) is 0 Å². The highest BCUT2D eigenvalue weighted by Crippen LogP contribution is 2.41. The Labute approximate surface area is 73.7 Å². The van der Waals surface area contributed by atoms with Gasteiger partial charge in [-0.3, -0.25) is 9.78 Å². The molecule has 0 aromatic carbocycles. The number of aromatic nitrogens is 2. The number of anilines is 1. The first-order chi connectivity index (χ1) is 5.68. The minimum atomic E-state index is -0.317. The number of hydrogen-bond acceptors (Lipinski definition) is 4. The predicted octanol–water partition coefficient (Wildman–Crippen LogP) is -0.890. The van der Waals surface area contributed by atoms with Crippen molar-refractivity contribution in [3.8, 4) is 5.88 Å². The van der Waals surface area contributed by atoms with E-state index in [1.165, 1.54) is 0 Å². The molecule has 0 radical (unpaired) electrons. The number of H-pyrrole nitrogens is 1. The smallest absolute Gasteiger partial charge is 0.259 e. The molecule has 0 aliphatic heterocycles. The lowest BCUT2D eigenvalue weighted by molar-refractivity contribution is 0.444. The molecule has 1 aromatic heterocycles. The van der Waals surface area contributed by atoms with Gasteiger partial charge in [-0.15, -0.1) is 0 Å². The van der Waals surface area contributed by atoms with Gasteiger partial charge in [-0.1, -0.05) is 0 Å². The summed E-state index contributed by atoms with van der Waals surface area (Å²) in [5, 5.41) is 9.27. The maximum atomic E-state index is 11.2. The topological polar surface area (TPSA) is 124 Å². The normalized spacial score (nSPS) is 15.1. The monoisotopic (exact) mass is 185 g/mol. The van der Waals surface area contributed by atoms with Gasteiger partial charge < -0.3 is 16.3 Å². The maximum Gasteiger partial charge on any atom is 0.259 e. The van der Waals surface area contributed by atoms with Crippen molar-refractivity contribution in [3.63, 3.8) is 0 Å². The van der Waals surface area contributed by atoms with Crippen LogP contribution in [0.1, 0.15) is 24.3 Å². The molecule has 0 bridgehead atoms. The minimum absolute atomic E-state index is 0. The van der Waals surface area contributed by atoms with Crippen molar-refractivity contribution in [1.29, 1.82) is 0 Å². The van der Waals surface area contributed by atoms with Crippen molar-refractivity contribution in [2.75, 3.05) is 5.73 Å². The molecule has 6 heteroatoms. The molecule has 13 heavy (non-hydrogen) atoms. The Morgan fingerprint density at radius 3 is 2.62 bits per heavy atom. The first kappa shape index (κ1) is 9.53. The van der Waals surface area contributed by atoms with Crippen molar-refractivity contribution < 1.29 is 10.6 Å². The van der Waals surface area contributed by atoms with Gasteiger partial charge in [0, 0.05) is 0 Å². The second-order valence-electron chi connectivity index (χ2n) is 2.96. The van der Waals surface area contributed by atoms with Gasteiger partial charge in [-0.2, -0.15) is 4.98 Å². The Bertz CT molecular complexity index is 370. The highest BCUT2D eigenvalue weighted by Gasteiger charge is 2.30. The summed E-state index contributed by atoms with van der Waals surface area (Å²) >= 11 is 0. The Balaban J connectivity index is 0.000000845. The molecule has 1 aliphatic rings. The van der Waals surface area contributed by atoms with Crippen LogP contribution in [0.3, 0.4) is 0 Å². The average Bonchev–Trinajstić information content (AvgIpc) is 2.68. The number of nitrogen functional groups attached to an aromatic ring is 1. The number of nitrogens with two attached hydrogens (primary N) is 1. The van der Waals surface area contributed by atoms with Crippen molar-refractivity contribution in [2.24, 2.45) is 0 Å². The SMILES string of the molecule is Nc1nc(O)c(C2CC2)c(=O)[nH]1.O. The summed E-state index contributed by atoms with van der Waals surface area (Å²) in [6.07, 6.45) is 1.89. The fourth-order valence-electron chi connectivity index (χ4n) is 1.23. The van der Waals surface area contributed by atoms with E-state index in [4.69, 9.17) is 5.73 Å². The third kappa shape index (κ3) is 1.62. The second kappa shape index (κ2) is 3.06. The van der Waals surface area contributed by atoms with E-state index >= 15 is 0 Å². The second-order valence-corrected chi connectivity index (χ2v) is 2.96. The molecule has 72 valence electrons. The van der Waals surface area contributed by atoms with Crippen LogP contribution in [-0.2, 0) is 0 Å². The lowest BCUT2D eigenvalue weighted by Gasteiger charge is -2.00. The van der Waals surface area contributed by atoms with Crippen LogP contribution in [0.4, 0.5) is 5.95 Å².